The number of hydrogen-bond acceptors (Lipinski definition) is 3. The fraction of sp³-hybridized carbons (Fsp3) is 0.800. The van der Waals surface area contributed by atoms with Crippen LogP contribution in [0.1, 0.15) is 19.3 Å². The first kappa shape index (κ1) is 13.3. The summed E-state index contributed by atoms with van der Waals surface area (Å²) < 4.78 is 0. The van der Waals surface area contributed by atoms with Crippen LogP contribution in [0.2, 0.25) is 0 Å². The maximum atomic E-state index is 11.3. The zero-order valence-corrected chi connectivity index (χ0v) is 9.82. The fourth-order valence-electron chi connectivity index (χ4n) is 1.96. The van der Waals surface area contributed by atoms with Gasteiger partial charge in [-0.1, -0.05) is 0 Å². The molecule has 0 spiro atoms. The summed E-state index contributed by atoms with van der Waals surface area (Å²) in [5, 5.41) is 8.68. The van der Waals surface area contributed by atoms with Gasteiger partial charge in [-0.2, -0.15) is 0 Å². The number of piperidine rings is 1. The van der Waals surface area contributed by atoms with E-state index in [1.807, 2.05) is 0 Å². The number of hydrogen-bond donors (Lipinski definition) is 2. The van der Waals surface area contributed by atoms with E-state index in [-0.39, 0.29) is 11.8 Å². The number of carboxylic acids is 1. The summed E-state index contributed by atoms with van der Waals surface area (Å²) in [6, 6.07) is -0.791. The van der Waals surface area contributed by atoms with Gasteiger partial charge in [0.15, 0.2) is 0 Å². The highest BCUT2D eigenvalue weighted by Gasteiger charge is 2.25. The number of amides is 1. The molecule has 0 aromatic rings. The van der Waals surface area contributed by atoms with E-state index < -0.39 is 12.0 Å². The second-order valence-electron chi connectivity index (χ2n) is 4.14. The van der Waals surface area contributed by atoms with E-state index in [9.17, 15) is 9.59 Å². The molecule has 16 heavy (non-hydrogen) atoms. The van der Waals surface area contributed by atoms with Crippen LogP contribution < -0.4 is 5.73 Å². The third kappa shape index (κ3) is 3.64. The summed E-state index contributed by atoms with van der Waals surface area (Å²) in [7, 11) is 0. The van der Waals surface area contributed by atoms with Crippen molar-refractivity contribution in [2.45, 2.75) is 25.3 Å². The Morgan fingerprint density at radius 3 is 2.44 bits per heavy atom. The predicted molar refractivity (Wildman–Crippen MR) is 60.3 cm³/mol. The largest absolute Gasteiger partial charge is 0.480 e. The van der Waals surface area contributed by atoms with E-state index in [0.29, 0.717) is 25.4 Å². The first-order valence-electron chi connectivity index (χ1n) is 5.36. The lowest BCUT2D eigenvalue weighted by Crippen LogP contribution is -2.41. The van der Waals surface area contributed by atoms with E-state index in [1.165, 1.54) is 0 Å². The average molecular weight is 249 g/mol. The van der Waals surface area contributed by atoms with Crippen LogP contribution in [-0.2, 0) is 9.59 Å². The molecule has 1 atom stereocenters. The number of carbonyl (C=O) groups is 2. The molecule has 0 saturated carbocycles. The number of nitrogens with zero attached hydrogens (tertiary/aromatic N) is 1. The van der Waals surface area contributed by atoms with Gasteiger partial charge in [-0.15, -0.1) is 11.6 Å². The highest BCUT2D eigenvalue weighted by Crippen LogP contribution is 2.21. The van der Waals surface area contributed by atoms with Gasteiger partial charge in [-0.05, 0) is 25.2 Å². The Hall–Kier alpha value is -0.810. The highest BCUT2D eigenvalue weighted by atomic mass is 35.5. The predicted octanol–water partition coefficient (Wildman–Crippen LogP) is 0.266. The molecule has 1 aliphatic rings. The van der Waals surface area contributed by atoms with E-state index in [1.54, 1.807) is 4.90 Å². The maximum Gasteiger partial charge on any atom is 0.320 e. The average Bonchev–Trinajstić information content (AvgIpc) is 2.28. The number of aliphatic carboxylic acids is 1. The van der Waals surface area contributed by atoms with E-state index in [0.717, 1.165) is 12.8 Å². The third-order valence-electron chi connectivity index (χ3n) is 2.99. The zero-order chi connectivity index (χ0) is 12.1. The van der Waals surface area contributed by atoms with E-state index in [4.69, 9.17) is 22.4 Å². The van der Waals surface area contributed by atoms with Crippen LogP contribution in [0.5, 0.6) is 0 Å². The van der Waals surface area contributed by atoms with Crippen molar-refractivity contribution in [1.82, 2.24) is 4.90 Å². The molecule has 3 N–H and O–H groups in total. The molecule has 1 rings (SSSR count). The van der Waals surface area contributed by atoms with Crippen LogP contribution in [0, 0.1) is 5.92 Å². The van der Waals surface area contributed by atoms with Crippen molar-refractivity contribution in [3.63, 3.8) is 0 Å². The Labute approximate surface area is 99.5 Å². The Morgan fingerprint density at radius 1 is 1.44 bits per heavy atom. The lowest BCUT2D eigenvalue weighted by atomic mass is 9.90. The lowest BCUT2D eigenvalue weighted by molar-refractivity contribution is -0.139. The molecule has 0 aromatic carbocycles. The molecule has 1 fully saturated rings. The van der Waals surface area contributed by atoms with E-state index >= 15 is 0 Å². The molecular formula is C10H17ClN2O3. The first-order chi connectivity index (χ1) is 7.54. The number of carbonyl (C=O) groups excluding carboxylic acids is 1. The van der Waals surface area contributed by atoms with Crippen molar-refractivity contribution in [2.75, 3.05) is 19.0 Å². The summed E-state index contributed by atoms with van der Waals surface area (Å²) >= 11 is 5.46. The van der Waals surface area contributed by atoms with Gasteiger partial charge in [0.2, 0.25) is 5.91 Å². The van der Waals surface area contributed by atoms with Gasteiger partial charge >= 0.3 is 5.97 Å². The highest BCUT2D eigenvalue weighted by molar-refractivity contribution is 6.27. The lowest BCUT2D eigenvalue weighted by Gasteiger charge is -2.32. The smallest absolute Gasteiger partial charge is 0.320 e. The van der Waals surface area contributed by atoms with E-state index in [2.05, 4.69) is 0 Å². The molecule has 5 nitrogen and oxygen atoms in total. The number of carboxylic acid groups (broad SMARTS) is 1. The standard InChI is InChI=1S/C10H17ClN2O3/c11-6-9(14)13-3-1-7(2-4-13)5-8(12)10(15)16/h7-8H,1-6,12H2,(H,15,16). The molecule has 1 amide bonds. The minimum Gasteiger partial charge on any atom is -0.480 e. The molecular weight excluding hydrogens is 232 g/mol. The van der Waals surface area contributed by atoms with Gasteiger partial charge in [-0.25, -0.2) is 0 Å². The van der Waals surface area contributed by atoms with Gasteiger partial charge in [0, 0.05) is 13.1 Å². The summed E-state index contributed by atoms with van der Waals surface area (Å²) in [6.07, 6.45) is 2.10. The zero-order valence-electron chi connectivity index (χ0n) is 9.06. The maximum absolute atomic E-state index is 11.3. The minimum atomic E-state index is -0.959. The number of halogens is 1. The molecule has 0 bridgehead atoms. The van der Waals surface area contributed by atoms with Crippen molar-refractivity contribution in [3.8, 4) is 0 Å². The molecule has 0 aliphatic carbocycles. The Kier molecular flexibility index (Phi) is 5.02. The van der Waals surface area contributed by atoms with Crippen molar-refractivity contribution >= 4 is 23.5 Å². The number of rotatable bonds is 4. The number of alkyl halides is 1. The van der Waals surface area contributed by atoms with Gasteiger partial charge in [-0.3, -0.25) is 9.59 Å². The summed E-state index contributed by atoms with van der Waals surface area (Å²) in [4.78, 5) is 23.6. The van der Waals surface area contributed by atoms with Crippen LogP contribution in [0.25, 0.3) is 0 Å². The molecule has 0 aromatic heterocycles. The Bertz CT molecular complexity index is 265. The molecule has 0 radical (unpaired) electrons. The van der Waals surface area contributed by atoms with Crippen LogP contribution in [0.4, 0.5) is 0 Å². The molecule has 1 aliphatic heterocycles. The molecule has 1 heterocycles. The SMILES string of the molecule is NC(CC1CCN(C(=O)CCl)CC1)C(=O)O. The summed E-state index contributed by atoms with van der Waals surface area (Å²) in [5.74, 6) is -0.702. The quantitative estimate of drug-likeness (QED) is 0.700. The minimum absolute atomic E-state index is 0.0132. The van der Waals surface area contributed by atoms with Crippen molar-refractivity contribution in [1.29, 1.82) is 0 Å². The van der Waals surface area contributed by atoms with Gasteiger partial charge < -0.3 is 15.7 Å². The summed E-state index contributed by atoms with van der Waals surface area (Å²) in [5.41, 5.74) is 5.47. The van der Waals surface area contributed by atoms with Crippen LogP contribution >= 0.6 is 11.6 Å². The monoisotopic (exact) mass is 248 g/mol. The number of likely N-dealkylation sites (tertiary alicyclic amines) is 1. The summed E-state index contributed by atoms with van der Waals surface area (Å²) in [6.45, 7) is 1.31. The van der Waals surface area contributed by atoms with Crippen LogP contribution in [0.15, 0.2) is 0 Å². The molecule has 92 valence electrons. The van der Waals surface area contributed by atoms with Gasteiger partial charge in [0.05, 0.1) is 0 Å². The van der Waals surface area contributed by atoms with Crippen LogP contribution in [-0.4, -0.2) is 46.9 Å². The van der Waals surface area contributed by atoms with Gasteiger partial charge in [0.25, 0.3) is 0 Å². The number of nitrogens with two attached hydrogens (primary N) is 1. The normalized spacial score (nSPS) is 19.5. The molecule has 1 saturated heterocycles. The first-order valence-corrected chi connectivity index (χ1v) is 5.90. The van der Waals surface area contributed by atoms with Crippen molar-refractivity contribution in [3.05, 3.63) is 0 Å². The Balaban J connectivity index is 2.32. The van der Waals surface area contributed by atoms with Crippen molar-refractivity contribution < 1.29 is 14.7 Å². The van der Waals surface area contributed by atoms with Gasteiger partial charge in [0.1, 0.15) is 11.9 Å². The fourth-order valence-corrected chi connectivity index (χ4v) is 2.13. The van der Waals surface area contributed by atoms with Crippen LogP contribution in [0.3, 0.4) is 0 Å². The Morgan fingerprint density at radius 2 is 2.00 bits per heavy atom. The molecule has 1 unspecified atom stereocenters. The second kappa shape index (κ2) is 6.06. The second-order valence-corrected chi connectivity index (χ2v) is 4.41. The van der Waals surface area contributed by atoms with Crippen molar-refractivity contribution in [2.24, 2.45) is 11.7 Å². The topological polar surface area (TPSA) is 83.6 Å². The third-order valence-corrected chi connectivity index (χ3v) is 3.21. The molecule has 6 heteroatoms.